The molecular formula is C25H30ClN9O2. The Kier molecular flexibility index (Phi) is 7.55. The van der Waals surface area contributed by atoms with Gasteiger partial charge in [-0.05, 0) is 25.2 Å². The number of rotatable bonds is 5. The van der Waals surface area contributed by atoms with Crippen LogP contribution in [0.2, 0.25) is 5.02 Å². The maximum Gasteiger partial charge on any atom is 0.256 e. The van der Waals surface area contributed by atoms with Gasteiger partial charge in [-0.3, -0.25) is 10.2 Å². The molecule has 194 valence electrons. The molecule has 1 aliphatic heterocycles. The molecule has 1 amide bonds. The Morgan fingerprint density at radius 1 is 1.16 bits per heavy atom. The predicted octanol–water partition coefficient (Wildman–Crippen LogP) is 3.76. The Morgan fingerprint density at radius 2 is 1.89 bits per heavy atom. The fraction of sp³-hybridized carbons (Fsp3) is 0.360. The van der Waals surface area contributed by atoms with Crippen LogP contribution in [0, 0.1) is 10.8 Å². The summed E-state index contributed by atoms with van der Waals surface area (Å²) in [5.74, 6) is 0.271. The number of aromatic nitrogens is 4. The van der Waals surface area contributed by atoms with Gasteiger partial charge in [0.05, 0.1) is 16.9 Å². The molecule has 37 heavy (non-hydrogen) atoms. The number of hydrogen-bond acceptors (Lipinski definition) is 10. The van der Waals surface area contributed by atoms with Gasteiger partial charge in [-0.25, -0.2) is 19.9 Å². The maximum absolute atomic E-state index is 12.8. The predicted molar refractivity (Wildman–Crippen MR) is 145 cm³/mol. The van der Waals surface area contributed by atoms with Crippen molar-refractivity contribution in [1.29, 1.82) is 5.41 Å². The summed E-state index contributed by atoms with van der Waals surface area (Å²) in [5.41, 5.74) is 1.27. The summed E-state index contributed by atoms with van der Waals surface area (Å²) in [6.45, 7) is 8.90. The number of fused-ring (bicyclic) bond motifs is 1. The number of piperazine rings is 1. The quantitative estimate of drug-likeness (QED) is 0.223. The van der Waals surface area contributed by atoms with Crippen LogP contribution in [0.15, 0.2) is 42.6 Å². The average molecular weight is 524 g/mol. The first-order valence-corrected chi connectivity index (χ1v) is 12.2. The van der Waals surface area contributed by atoms with Crippen molar-refractivity contribution in [2.75, 3.05) is 43.4 Å². The van der Waals surface area contributed by atoms with Gasteiger partial charge in [0.1, 0.15) is 29.0 Å². The van der Waals surface area contributed by atoms with Crippen LogP contribution in [-0.2, 0) is 0 Å². The molecule has 0 atom stereocenters. The van der Waals surface area contributed by atoms with Crippen LogP contribution in [0.1, 0.15) is 31.1 Å². The molecule has 0 unspecified atom stereocenters. The number of benzene rings is 1. The summed E-state index contributed by atoms with van der Waals surface area (Å²) in [7, 11) is 2.09. The zero-order valence-corrected chi connectivity index (χ0v) is 22.0. The minimum atomic E-state index is -0.539. The molecule has 1 fully saturated rings. The molecule has 1 saturated heterocycles. The van der Waals surface area contributed by atoms with Crippen LogP contribution in [0.3, 0.4) is 0 Å². The smallest absolute Gasteiger partial charge is 0.256 e. The third-order valence-electron chi connectivity index (χ3n) is 5.93. The van der Waals surface area contributed by atoms with Crippen molar-refractivity contribution in [2.24, 2.45) is 5.41 Å². The molecule has 4 rings (SSSR count). The lowest BCUT2D eigenvalue weighted by molar-refractivity contribution is 0.0977. The van der Waals surface area contributed by atoms with Crippen molar-refractivity contribution in [1.82, 2.24) is 30.2 Å². The van der Waals surface area contributed by atoms with E-state index < -0.39 is 11.3 Å². The number of anilines is 3. The molecule has 0 radical (unpaired) electrons. The Balaban J connectivity index is 1.57. The lowest BCUT2D eigenvalue weighted by Gasteiger charge is -2.32. The highest BCUT2D eigenvalue weighted by Crippen LogP contribution is 2.29. The average Bonchev–Trinajstić information content (AvgIpc) is 2.85. The number of aliphatic hydroxyl groups excluding tert-OH is 1. The highest BCUT2D eigenvalue weighted by molar-refractivity contribution is 6.33. The van der Waals surface area contributed by atoms with E-state index in [4.69, 9.17) is 22.0 Å². The van der Waals surface area contributed by atoms with Crippen molar-refractivity contribution in [3.05, 3.63) is 53.1 Å². The number of allylic oxidation sites excluding steroid dienone is 1. The van der Waals surface area contributed by atoms with Gasteiger partial charge in [-0.15, -0.1) is 0 Å². The number of halogens is 1. The number of hydrogen-bond donors (Lipinski definition) is 4. The molecule has 0 spiro atoms. The van der Waals surface area contributed by atoms with Gasteiger partial charge in [-0.2, -0.15) is 0 Å². The molecule has 1 aromatic carbocycles. The van der Waals surface area contributed by atoms with Crippen LogP contribution < -0.4 is 15.5 Å². The van der Waals surface area contributed by atoms with E-state index in [-0.39, 0.29) is 17.2 Å². The van der Waals surface area contributed by atoms with Crippen molar-refractivity contribution in [2.45, 2.75) is 20.8 Å². The summed E-state index contributed by atoms with van der Waals surface area (Å²) < 4.78 is 0. The second-order valence-corrected chi connectivity index (χ2v) is 10.3. The zero-order chi connectivity index (χ0) is 26.7. The Morgan fingerprint density at radius 3 is 2.59 bits per heavy atom. The van der Waals surface area contributed by atoms with Crippen LogP contribution in [0.4, 0.5) is 17.5 Å². The van der Waals surface area contributed by atoms with Crippen LogP contribution in [0.5, 0.6) is 0 Å². The summed E-state index contributed by atoms with van der Waals surface area (Å²) in [6.07, 6.45) is 4.29. The van der Waals surface area contributed by atoms with Crippen LogP contribution in [0.25, 0.3) is 11.0 Å². The van der Waals surface area contributed by atoms with E-state index >= 15 is 0 Å². The fourth-order valence-corrected chi connectivity index (χ4v) is 3.73. The number of carbonyl (C=O) groups excluding carboxylic acids is 1. The molecule has 1 aliphatic rings. The minimum absolute atomic E-state index is 0.00941. The Bertz CT molecular complexity index is 1360. The normalized spacial score (nSPS) is 15.1. The number of aliphatic hydroxyl groups is 1. The van der Waals surface area contributed by atoms with Gasteiger partial charge in [0.25, 0.3) is 5.91 Å². The number of nitrogens with zero attached hydrogens (tertiary/aromatic N) is 6. The topological polar surface area (TPSA) is 143 Å². The first-order chi connectivity index (χ1) is 17.5. The maximum atomic E-state index is 12.8. The highest BCUT2D eigenvalue weighted by atomic mass is 35.5. The number of amides is 1. The minimum Gasteiger partial charge on any atom is -0.512 e. The summed E-state index contributed by atoms with van der Waals surface area (Å²) >= 11 is 6.43. The lowest BCUT2D eigenvalue weighted by atomic mass is 9.93. The second-order valence-electron chi connectivity index (χ2n) is 9.88. The van der Waals surface area contributed by atoms with E-state index in [1.807, 2.05) is 0 Å². The molecule has 0 saturated carbocycles. The zero-order valence-electron chi connectivity index (χ0n) is 21.2. The molecule has 3 aromatic rings. The van der Waals surface area contributed by atoms with Crippen molar-refractivity contribution in [3.63, 3.8) is 0 Å². The third kappa shape index (κ3) is 6.30. The second kappa shape index (κ2) is 10.7. The van der Waals surface area contributed by atoms with E-state index in [0.29, 0.717) is 33.5 Å². The lowest BCUT2D eigenvalue weighted by Crippen LogP contribution is -2.45. The largest absolute Gasteiger partial charge is 0.512 e. The van der Waals surface area contributed by atoms with Gasteiger partial charge in [0.15, 0.2) is 5.82 Å². The standard InChI is InChI=1S/C25H30ClN9O2/c1-25(2,3)19(36)12-20(27)32-23(37)15-5-6-16(26)17(11-15)31-22-21-18(29-14-30-22)13-28-24(33-21)35-9-7-34(4)8-10-35/h5-6,11-14,36H,7-10H2,1-4H3,(H2,27,32,37)(H,29,30,31)/b19-12-. The summed E-state index contributed by atoms with van der Waals surface area (Å²) in [6, 6.07) is 4.70. The molecule has 2 aromatic heterocycles. The number of nitrogens with one attached hydrogen (secondary N) is 3. The molecule has 0 bridgehead atoms. The van der Waals surface area contributed by atoms with Crippen LogP contribution >= 0.6 is 11.6 Å². The molecule has 4 N–H and O–H groups in total. The number of amidine groups is 1. The number of carbonyl (C=O) groups is 1. The van der Waals surface area contributed by atoms with Gasteiger partial charge < -0.3 is 25.5 Å². The SMILES string of the molecule is CN1CCN(c2ncc3ncnc(Nc4cc(C(=O)NC(=N)/C=C(\O)C(C)(C)C)ccc4Cl)c3n2)CC1. The first kappa shape index (κ1) is 26.2. The Hall–Kier alpha value is -3.83. The van der Waals surface area contributed by atoms with Crippen molar-refractivity contribution in [3.8, 4) is 0 Å². The Labute approximate surface area is 220 Å². The van der Waals surface area contributed by atoms with Crippen molar-refractivity contribution >= 4 is 51.8 Å². The fourth-order valence-electron chi connectivity index (χ4n) is 3.57. The van der Waals surface area contributed by atoms with E-state index in [9.17, 15) is 9.90 Å². The van der Waals surface area contributed by atoms with Gasteiger partial charge in [0.2, 0.25) is 5.95 Å². The molecule has 11 nitrogen and oxygen atoms in total. The van der Waals surface area contributed by atoms with E-state index in [1.54, 1.807) is 45.2 Å². The van der Waals surface area contributed by atoms with Gasteiger partial charge >= 0.3 is 0 Å². The summed E-state index contributed by atoms with van der Waals surface area (Å²) in [5, 5.41) is 24.1. The van der Waals surface area contributed by atoms with Gasteiger partial charge in [0, 0.05) is 43.2 Å². The monoisotopic (exact) mass is 523 g/mol. The van der Waals surface area contributed by atoms with Crippen molar-refractivity contribution < 1.29 is 9.90 Å². The third-order valence-corrected chi connectivity index (χ3v) is 6.26. The summed E-state index contributed by atoms with van der Waals surface area (Å²) in [4.78, 5) is 35.0. The van der Waals surface area contributed by atoms with E-state index in [0.717, 1.165) is 26.2 Å². The van der Waals surface area contributed by atoms with Crippen LogP contribution in [-0.4, -0.2) is 74.9 Å². The molecule has 12 heteroatoms. The van der Waals surface area contributed by atoms with E-state index in [2.05, 4.69) is 42.4 Å². The molecular weight excluding hydrogens is 494 g/mol. The molecule has 0 aliphatic carbocycles. The molecule has 3 heterocycles. The van der Waals surface area contributed by atoms with E-state index in [1.165, 1.54) is 12.4 Å². The number of likely N-dealkylation sites (N-methyl/N-ethyl adjacent to an activating group) is 1. The van der Waals surface area contributed by atoms with Gasteiger partial charge in [-0.1, -0.05) is 32.4 Å². The first-order valence-electron chi connectivity index (χ1n) is 11.8. The highest BCUT2D eigenvalue weighted by Gasteiger charge is 2.19.